The van der Waals surface area contributed by atoms with Crippen molar-refractivity contribution in [1.82, 2.24) is 9.80 Å². The van der Waals surface area contributed by atoms with Crippen molar-refractivity contribution >= 4 is 39.1 Å². The van der Waals surface area contributed by atoms with Gasteiger partial charge in [0.2, 0.25) is 10.0 Å². The number of piperazine rings is 1. The summed E-state index contributed by atoms with van der Waals surface area (Å²) >= 11 is 5.99. The molecule has 0 saturated carbocycles. The first-order valence-corrected chi connectivity index (χ1v) is 11.9. The van der Waals surface area contributed by atoms with Crippen LogP contribution in [0.3, 0.4) is 0 Å². The molecule has 164 valence electrons. The molecule has 0 spiro atoms. The maximum absolute atomic E-state index is 13.2. The molecule has 31 heavy (non-hydrogen) atoms. The summed E-state index contributed by atoms with van der Waals surface area (Å²) in [4.78, 5) is 28.9. The molecule has 2 fully saturated rings. The number of rotatable bonds is 3. The van der Waals surface area contributed by atoms with Gasteiger partial charge in [-0.3, -0.25) is 13.9 Å². The number of nitrogens with zero attached hydrogens (tertiary/aromatic N) is 3. The molecule has 2 aliphatic rings. The lowest BCUT2D eigenvalue weighted by Gasteiger charge is -2.35. The van der Waals surface area contributed by atoms with E-state index in [2.05, 4.69) is 0 Å². The molecule has 0 radical (unpaired) electrons. The molecular weight excluding hydrogens is 445 g/mol. The van der Waals surface area contributed by atoms with E-state index in [1.165, 1.54) is 16.4 Å². The summed E-state index contributed by atoms with van der Waals surface area (Å²) in [7, 11) is -3.33. The standard InChI is InChI=1S/C21H21ClFN3O4S/c22-19-14-16(23)5-6-18(19)21(28)25-10-8-24(9-11-25)20(27)15-3-1-4-17(13-15)26-7-2-12-31(26,29)30/h1,3-6,13-14H,2,7-12H2. The van der Waals surface area contributed by atoms with Gasteiger partial charge in [0.05, 0.1) is 22.0 Å². The van der Waals surface area contributed by atoms with E-state index < -0.39 is 15.8 Å². The second kappa shape index (κ2) is 8.47. The van der Waals surface area contributed by atoms with Gasteiger partial charge in [0.1, 0.15) is 5.82 Å². The molecule has 0 atom stereocenters. The van der Waals surface area contributed by atoms with E-state index in [0.717, 1.165) is 6.07 Å². The third-order valence-corrected chi connectivity index (χ3v) is 7.68. The smallest absolute Gasteiger partial charge is 0.255 e. The van der Waals surface area contributed by atoms with Crippen LogP contribution < -0.4 is 4.31 Å². The average molecular weight is 466 g/mol. The summed E-state index contributed by atoms with van der Waals surface area (Å²) in [6.07, 6.45) is 0.564. The predicted octanol–water partition coefficient (Wildman–Crippen LogP) is 2.62. The summed E-state index contributed by atoms with van der Waals surface area (Å²) in [6.45, 7) is 1.70. The van der Waals surface area contributed by atoms with Crippen LogP contribution in [0.1, 0.15) is 27.1 Å². The molecule has 2 saturated heterocycles. The summed E-state index contributed by atoms with van der Waals surface area (Å²) in [5, 5.41) is 0.0529. The van der Waals surface area contributed by atoms with Crippen LogP contribution in [-0.2, 0) is 10.0 Å². The first-order chi connectivity index (χ1) is 14.8. The number of hydrogen-bond donors (Lipinski definition) is 0. The molecule has 2 amide bonds. The zero-order chi connectivity index (χ0) is 22.2. The topological polar surface area (TPSA) is 78.0 Å². The Morgan fingerprint density at radius 1 is 0.903 bits per heavy atom. The second-order valence-electron chi connectivity index (χ2n) is 7.50. The van der Waals surface area contributed by atoms with Crippen LogP contribution in [0, 0.1) is 5.82 Å². The van der Waals surface area contributed by atoms with Crippen molar-refractivity contribution in [2.45, 2.75) is 6.42 Å². The highest BCUT2D eigenvalue weighted by Gasteiger charge is 2.30. The molecule has 2 aliphatic heterocycles. The van der Waals surface area contributed by atoms with E-state index in [0.29, 0.717) is 50.4 Å². The first-order valence-electron chi connectivity index (χ1n) is 9.90. The summed E-state index contributed by atoms with van der Waals surface area (Å²) in [5.74, 6) is -0.927. The highest BCUT2D eigenvalue weighted by atomic mass is 35.5. The second-order valence-corrected chi connectivity index (χ2v) is 9.92. The highest BCUT2D eigenvalue weighted by molar-refractivity contribution is 7.93. The average Bonchev–Trinajstić information content (AvgIpc) is 3.12. The van der Waals surface area contributed by atoms with Crippen LogP contribution in [0.15, 0.2) is 42.5 Å². The van der Waals surface area contributed by atoms with E-state index in [9.17, 15) is 22.4 Å². The Balaban J connectivity index is 1.43. The Hall–Kier alpha value is -2.65. The van der Waals surface area contributed by atoms with Gasteiger partial charge < -0.3 is 9.80 Å². The van der Waals surface area contributed by atoms with Gasteiger partial charge in [-0.1, -0.05) is 17.7 Å². The Kier molecular flexibility index (Phi) is 5.90. The third-order valence-electron chi connectivity index (χ3n) is 5.50. The Bertz CT molecular complexity index is 1130. The summed E-state index contributed by atoms with van der Waals surface area (Å²) in [6, 6.07) is 10.3. The van der Waals surface area contributed by atoms with E-state index in [-0.39, 0.29) is 28.2 Å². The van der Waals surface area contributed by atoms with Gasteiger partial charge in [-0.15, -0.1) is 0 Å². The Morgan fingerprint density at radius 2 is 1.58 bits per heavy atom. The molecule has 2 aromatic rings. The predicted molar refractivity (Wildman–Crippen MR) is 115 cm³/mol. The molecule has 7 nitrogen and oxygen atoms in total. The lowest BCUT2D eigenvalue weighted by Crippen LogP contribution is -2.50. The molecule has 0 aliphatic carbocycles. The van der Waals surface area contributed by atoms with Gasteiger partial charge in [0.15, 0.2) is 0 Å². The lowest BCUT2D eigenvalue weighted by molar-refractivity contribution is 0.0535. The third kappa shape index (κ3) is 4.38. The number of anilines is 1. The lowest BCUT2D eigenvalue weighted by atomic mass is 10.1. The van der Waals surface area contributed by atoms with Gasteiger partial charge in [0, 0.05) is 38.3 Å². The van der Waals surface area contributed by atoms with E-state index in [1.54, 1.807) is 34.1 Å². The number of amides is 2. The maximum atomic E-state index is 13.2. The highest BCUT2D eigenvalue weighted by Crippen LogP contribution is 2.26. The minimum Gasteiger partial charge on any atom is -0.335 e. The zero-order valence-corrected chi connectivity index (χ0v) is 18.2. The fourth-order valence-corrected chi connectivity index (χ4v) is 5.66. The van der Waals surface area contributed by atoms with Gasteiger partial charge in [-0.2, -0.15) is 0 Å². The van der Waals surface area contributed by atoms with E-state index in [4.69, 9.17) is 11.6 Å². The quantitative estimate of drug-likeness (QED) is 0.698. The van der Waals surface area contributed by atoms with Crippen LogP contribution in [0.25, 0.3) is 0 Å². The number of halogens is 2. The van der Waals surface area contributed by atoms with Crippen molar-refractivity contribution in [2.75, 3.05) is 42.8 Å². The maximum Gasteiger partial charge on any atom is 0.255 e. The molecule has 2 aromatic carbocycles. The van der Waals surface area contributed by atoms with E-state index >= 15 is 0 Å². The van der Waals surface area contributed by atoms with Gasteiger partial charge in [-0.05, 0) is 42.8 Å². The van der Waals surface area contributed by atoms with Gasteiger partial charge >= 0.3 is 0 Å². The Morgan fingerprint density at radius 3 is 2.19 bits per heavy atom. The molecule has 0 aromatic heterocycles. The van der Waals surface area contributed by atoms with Gasteiger partial charge in [0.25, 0.3) is 11.8 Å². The summed E-state index contributed by atoms with van der Waals surface area (Å²) < 4.78 is 38.9. The molecular formula is C21H21ClFN3O4S. The SMILES string of the molecule is O=C(c1cccc(N2CCCS2(=O)=O)c1)N1CCN(C(=O)c2ccc(F)cc2Cl)CC1. The molecule has 4 rings (SSSR count). The molecule has 0 unspecified atom stereocenters. The van der Waals surface area contributed by atoms with Crippen molar-refractivity contribution in [3.63, 3.8) is 0 Å². The minimum absolute atomic E-state index is 0.0529. The molecule has 0 bridgehead atoms. The minimum atomic E-state index is -3.33. The van der Waals surface area contributed by atoms with Crippen LogP contribution >= 0.6 is 11.6 Å². The van der Waals surface area contributed by atoms with Crippen molar-refractivity contribution in [3.05, 3.63) is 64.4 Å². The summed E-state index contributed by atoms with van der Waals surface area (Å²) in [5.41, 5.74) is 1.12. The molecule has 10 heteroatoms. The van der Waals surface area contributed by atoms with Crippen molar-refractivity contribution in [2.24, 2.45) is 0 Å². The Labute approximate surface area is 185 Å². The number of hydrogen-bond acceptors (Lipinski definition) is 4. The zero-order valence-electron chi connectivity index (χ0n) is 16.6. The fraction of sp³-hybridized carbons (Fsp3) is 0.333. The largest absolute Gasteiger partial charge is 0.335 e. The van der Waals surface area contributed by atoms with Crippen LogP contribution in [-0.4, -0.2) is 68.5 Å². The van der Waals surface area contributed by atoms with E-state index in [1.807, 2.05) is 0 Å². The van der Waals surface area contributed by atoms with Crippen molar-refractivity contribution < 1.29 is 22.4 Å². The van der Waals surface area contributed by atoms with Crippen LogP contribution in [0.4, 0.5) is 10.1 Å². The number of carbonyl (C=O) groups is 2. The van der Waals surface area contributed by atoms with Crippen molar-refractivity contribution in [3.8, 4) is 0 Å². The molecule has 2 heterocycles. The first kappa shape index (κ1) is 21.6. The number of sulfonamides is 1. The normalized spacial score (nSPS) is 18.3. The van der Waals surface area contributed by atoms with Crippen LogP contribution in [0.5, 0.6) is 0 Å². The monoisotopic (exact) mass is 465 g/mol. The van der Waals surface area contributed by atoms with Gasteiger partial charge in [-0.25, -0.2) is 12.8 Å². The number of benzene rings is 2. The fourth-order valence-electron chi connectivity index (χ4n) is 3.85. The van der Waals surface area contributed by atoms with Crippen LogP contribution in [0.2, 0.25) is 5.02 Å². The number of carbonyl (C=O) groups excluding carboxylic acids is 2. The van der Waals surface area contributed by atoms with Crippen molar-refractivity contribution in [1.29, 1.82) is 0 Å². The molecule has 0 N–H and O–H groups in total.